The summed E-state index contributed by atoms with van der Waals surface area (Å²) in [6, 6.07) is 4.48. The van der Waals surface area contributed by atoms with E-state index in [1.807, 2.05) is 20.1 Å². The van der Waals surface area contributed by atoms with E-state index >= 15 is 0 Å². The maximum absolute atomic E-state index is 12.0. The van der Waals surface area contributed by atoms with Crippen LogP contribution in [-0.4, -0.2) is 58.7 Å². The lowest BCUT2D eigenvalue weighted by atomic mass is 9.33. The van der Waals surface area contributed by atoms with E-state index in [0.717, 1.165) is 51.0 Å². The third kappa shape index (κ3) is 2.42. The van der Waals surface area contributed by atoms with E-state index in [1.165, 1.54) is 30.5 Å². The molecule has 34 heavy (non-hydrogen) atoms. The lowest BCUT2D eigenvalue weighted by Crippen LogP contribution is -2.82. The maximum Gasteiger partial charge on any atom is 0.165 e. The molecule has 5 aliphatic carbocycles. The molecule has 186 valence electrons. The van der Waals surface area contributed by atoms with Crippen molar-refractivity contribution in [1.29, 1.82) is 0 Å². The molecule has 0 aromatic heterocycles. The van der Waals surface area contributed by atoms with E-state index in [2.05, 4.69) is 24.8 Å². The van der Waals surface area contributed by atoms with Gasteiger partial charge in [0.1, 0.15) is 11.7 Å². The number of hydrogen-bond acceptors (Lipinski definition) is 5. The van der Waals surface area contributed by atoms with Crippen molar-refractivity contribution in [2.45, 2.75) is 101 Å². The number of aromatic hydroxyl groups is 1. The third-order valence-electron chi connectivity index (χ3n) is 11.2. The van der Waals surface area contributed by atoms with E-state index in [4.69, 9.17) is 9.47 Å². The van der Waals surface area contributed by atoms with Crippen LogP contribution < -0.4 is 4.74 Å². The summed E-state index contributed by atoms with van der Waals surface area (Å²) >= 11 is 0. The van der Waals surface area contributed by atoms with Crippen molar-refractivity contribution in [2.24, 2.45) is 23.2 Å². The topological polar surface area (TPSA) is 62.2 Å². The highest BCUT2D eigenvalue weighted by molar-refractivity contribution is 5.63. The Morgan fingerprint density at radius 3 is 2.74 bits per heavy atom. The molecule has 4 saturated carbocycles. The Kier molecular flexibility index (Phi) is 4.33. The molecule has 2 heterocycles. The summed E-state index contributed by atoms with van der Waals surface area (Å²) < 4.78 is 13.4. The highest BCUT2D eigenvalue weighted by atomic mass is 16.6. The van der Waals surface area contributed by atoms with Crippen molar-refractivity contribution in [3.05, 3.63) is 23.3 Å². The van der Waals surface area contributed by atoms with Crippen LogP contribution in [0, 0.1) is 23.2 Å². The minimum Gasteiger partial charge on any atom is -0.504 e. The van der Waals surface area contributed by atoms with Crippen LogP contribution in [0.1, 0.15) is 76.8 Å². The van der Waals surface area contributed by atoms with Gasteiger partial charge in [0.05, 0.1) is 5.60 Å². The Bertz CT molecular complexity index is 1030. The van der Waals surface area contributed by atoms with Gasteiger partial charge in [-0.3, -0.25) is 4.90 Å². The molecule has 7 atom stereocenters. The summed E-state index contributed by atoms with van der Waals surface area (Å²) in [7, 11) is 1.84. The minimum absolute atomic E-state index is 0.0145. The van der Waals surface area contributed by atoms with Crippen LogP contribution in [0.15, 0.2) is 12.1 Å². The molecular formula is C29H41NO4. The molecule has 5 nitrogen and oxygen atoms in total. The van der Waals surface area contributed by atoms with Crippen molar-refractivity contribution >= 4 is 0 Å². The van der Waals surface area contributed by atoms with Gasteiger partial charge in [0.25, 0.3) is 0 Å². The Labute approximate surface area is 203 Å². The molecular weight excluding hydrogens is 426 g/mol. The molecule has 5 heteroatoms. The van der Waals surface area contributed by atoms with E-state index in [9.17, 15) is 10.2 Å². The van der Waals surface area contributed by atoms with Gasteiger partial charge < -0.3 is 19.7 Å². The highest BCUT2D eigenvalue weighted by Crippen LogP contribution is 2.77. The predicted octanol–water partition coefficient (Wildman–Crippen LogP) is 4.41. The van der Waals surface area contributed by atoms with Gasteiger partial charge in [-0.05, 0) is 88.3 Å². The van der Waals surface area contributed by atoms with Gasteiger partial charge >= 0.3 is 0 Å². The van der Waals surface area contributed by atoms with Gasteiger partial charge in [-0.2, -0.15) is 0 Å². The molecule has 8 rings (SSSR count). The second kappa shape index (κ2) is 6.72. The summed E-state index contributed by atoms with van der Waals surface area (Å²) in [4.78, 5) is 2.83. The first-order chi connectivity index (χ1) is 16.2. The monoisotopic (exact) mass is 467 g/mol. The van der Waals surface area contributed by atoms with Crippen LogP contribution in [0.4, 0.5) is 0 Å². The van der Waals surface area contributed by atoms with E-state index in [-0.39, 0.29) is 28.6 Å². The van der Waals surface area contributed by atoms with E-state index in [1.54, 1.807) is 0 Å². The first-order valence-electron chi connectivity index (χ1n) is 13.7. The molecule has 4 bridgehead atoms. The molecule has 2 spiro atoms. The van der Waals surface area contributed by atoms with Crippen LogP contribution in [0.3, 0.4) is 0 Å². The van der Waals surface area contributed by atoms with Gasteiger partial charge in [-0.1, -0.05) is 19.9 Å². The van der Waals surface area contributed by atoms with Gasteiger partial charge in [0.2, 0.25) is 0 Å². The molecule has 0 unspecified atom stereocenters. The molecule has 2 N–H and O–H groups in total. The number of hydrogen-bond donors (Lipinski definition) is 2. The van der Waals surface area contributed by atoms with E-state index < -0.39 is 11.2 Å². The lowest BCUT2D eigenvalue weighted by molar-refractivity contribution is -0.303. The highest BCUT2D eigenvalue weighted by Gasteiger charge is 2.81. The fraction of sp³-hybridized carbons (Fsp3) is 0.793. The van der Waals surface area contributed by atoms with E-state index in [0.29, 0.717) is 17.7 Å². The normalized spacial score (nSPS) is 43.5. The fourth-order valence-electron chi connectivity index (χ4n) is 10.1. The molecule has 1 aromatic rings. The Balaban J connectivity index is 1.44. The smallest absolute Gasteiger partial charge is 0.165 e. The van der Waals surface area contributed by atoms with Gasteiger partial charge in [0, 0.05) is 42.0 Å². The van der Waals surface area contributed by atoms with Crippen molar-refractivity contribution in [2.75, 3.05) is 20.2 Å². The predicted molar refractivity (Wildman–Crippen MR) is 130 cm³/mol. The first kappa shape index (κ1) is 21.9. The molecule has 1 saturated heterocycles. The number of benzene rings is 1. The molecule has 0 radical (unpaired) electrons. The van der Waals surface area contributed by atoms with Crippen molar-refractivity contribution in [3.63, 3.8) is 0 Å². The van der Waals surface area contributed by atoms with Crippen molar-refractivity contribution in [3.8, 4) is 11.5 Å². The summed E-state index contributed by atoms with van der Waals surface area (Å²) in [5.74, 6) is 2.27. The van der Waals surface area contributed by atoms with Gasteiger partial charge in [-0.25, -0.2) is 0 Å². The number of ether oxygens (including phenoxy) is 2. The SMILES string of the molecule is CO[C@]12CC[C@@]3(C[C@@H]1[C@@](C)(O)CC(C)C)[C@H]1Cc4ccc(O)c5c4[C@@]3(CCN1CC1CC1)[C@H]2O5. The fourth-order valence-corrected chi connectivity index (χ4v) is 10.1. The zero-order chi connectivity index (χ0) is 23.7. The number of fused-ring (bicyclic) bond motifs is 2. The number of phenols is 1. The molecule has 0 amide bonds. The zero-order valence-corrected chi connectivity index (χ0v) is 21.3. The summed E-state index contributed by atoms with van der Waals surface area (Å²) in [6.07, 6.45) is 8.49. The van der Waals surface area contributed by atoms with Crippen LogP contribution in [0.5, 0.6) is 11.5 Å². The maximum atomic E-state index is 12.0. The molecule has 7 aliphatic rings. The van der Waals surface area contributed by atoms with Crippen molar-refractivity contribution < 1.29 is 19.7 Å². The third-order valence-corrected chi connectivity index (χ3v) is 11.2. The lowest BCUT2D eigenvalue weighted by Gasteiger charge is -2.75. The average molecular weight is 468 g/mol. The summed E-state index contributed by atoms with van der Waals surface area (Å²) in [5, 5.41) is 23.0. The Hall–Kier alpha value is -1.30. The molecule has 1 aromatic carbocycles. The minimum atomic E-state index is -0.824. The quantitative estimate of drug-likeness (QED) is 0.649. The Morgan fingerprint density at radius 2 is 2.03 bits per heavy atom. The molecule has 5 fully saturated rings. The number of phenolic OH excluding ortho intramolecular Hbond substituents is 1. The summed E-state index contributed by atoms with van der Waals surface area (Å²) in [5.41, 5.74) is 1.23. The zero-order valence-electron chi connectivity index (χ0n) is 21.3. The first-order valence-corrected chi connectivity index (χ1v) is 13.7. The second-order valence-corrected chi connectivity index (χ2v) is 13.4. The van der Waals surface area contributed by atoms with Crippen LogP contribution in [-0.2, 0) is 16.6 Å². The number of nitrogens with zero attached hydrogens (tertiary/aromatic N) is 1. The molecule has 2 aliphatic heterocycles. The second-order valence-electron chi connectivity index (χ2n) is 13.4. The van der Waals surface area contributed by atoms with Gasteiger partial charge in [-0.15, -0.1) is 0 Å². The summed E-state index contributed by atoms with van der Waals surface area (Å²) in [6.45, 7) is 8.77. The largest absolute Gasteiger partial charge is 0.504 e. The van der Waals surface area contributed by atoms with Crippen LogP contribution in [0.25, 0.3) is 0 Å². The standard InChI is InChI=1S/C29H41NO4/c1-17(2)14-26(3,32)21-15-27-9-10-29(21,33-4)25-28(27)11-12-30(16-18-5-6-18)22(27)13-19-7-8-20(31)24(34-25)23(19)28/h7-8,17-18,21-22,25,31-32H,5-6,9-16H2,1-4H3/t21-,22-,25-,26+,27-,28+,29-/m1/s1. The number of likely N-dealkylation sites (tertiary alicyclic amines) is 1. The van der Waals surface area contributed by atoms with Crippen molar-refractivity contribution in [1.82, 2.24) is 4.90 Å². The number of methoxy groups -OCH3 is 1. The van der Waals surface area contributed by atoms with Gasteiger partial charge in [0.15, 0.2) is 11.5 Å². The average Bonchev–Trinajstić information content (AvgIpc) is 3.53. The number of piperidine rings is 1. The Morgan fingerprint density at radius 1 is 1.24 bits per heavy atom. The van der Waals surface area contributed by atoms with Crippen LogP contribution in [0.2, 0.25) is 0 Å². The number of aliphatic hydroxyl groups is 1. The van der Waals surface area contributed by atoms with Crippen LogP contribution >= 0.6 is 0 Å². The number of rotatable bonds is 6.